The Morgan fingerprint density at radius 3 is 2.35 bits per heavy atom. The third-order valence-corrected chi connectivity index (χ3v) is 9.32. The summed E-state index contributed by atoms with van der Waals surface area (Å²) in [6.45, 7) is 7.32. The van der Waals surface area contributed by atoms with Crippen molar-refractivity contribution in [1.82, 2.24) is 0 Å². The maximum Gasteiger partial charge on any atom is 0.0576 e. The first-order valence-electron chi connectivity index (χ1n) is 10.3. The molecule has 2 N–H and O–H groups in total. The van der Waals surface area contributed by atoms with E-state index in [-0.39, 0.29) is 12.2 Å². The zero-order valence-corrected chi connectivity index (χ0v) is 15.3. The smallest absolute Gasteiger partial charge is 0.0576 e. The highest BCUT2D eigenvalue weighted by Crippen LogP contribution is 2.67. The van der Waals surface area contributed by atoms with Gasteiger partial charge in [-0.25, -0.2) is 0 Å². The maximum atomic E-state index is 10.7. The van der Waals surface area contributed by atoms with Crippen LogP contribution in [0, 0.1) is 40.4 Å². The van der Waals surface area contributed by atoms with Gasteiger partial charge in [0.1, 0.15) is 0 Å². The molecule has 4 rings (SSSR count). The van der Waals surface area contributed by atoms with Gasteiger partial charge in [0.25, 0.3) is 0 Å². The summed E-state index contributed by atoms with van der Waals surface area (Å²) in [4.78, 5) is 0. The highest BCUT2D eigenvalue weighted by Gasteiger charge is 2.61. The topological polar surface area (TPSA) is 40.5 Å². The molecular weight excluding hydrogens is 284 g/mol. The second-order valence-electron chi connectivity index (χ2n) is 9.95. The van der Waals surface area contributed by atoms with Crippen LogP contribution >= 0.6 is 0 Å². The Bertz CT molecular complexity index is 463. The average Bonchev–Trinajstić information content (AvgIpc) is 2.77. The minimum atomic E-state index is -0.0625. The molecule has 0 spiro atoms. The summed E-state index contributed by atoms with van der Waals surface area (Å²) in [6, 6.07) is 0. The number of hydrogen-bond donors (Lipinski definition) is 2. The van der Waals surface area contributed by atoms with Gasteiger partial charge in [-0.3, -0.25) is 0 Å². The number of rotatable bonds is 1. The lowest BCUT2D eigenvalue weighted by Crippen LogP contribution is -2.53. The van der Waals surface area contributed by atoms with E-state index in [0.717, 1.165) is 49.4 Å². The Morgan fingerprint density at radius 2 is 1.61 bits per heavy atom. The molecule has 0 aromatic rings. The van der Waals surface area contributed by atoms with E-state index in [1.807, 2.05) is 0 Å². The monoisotopic (exact) mass is 320 g/mol. The Balaban J connectivity index is 1.62. The quantitative estimate of drug-likeness (QED) is 0.752. The first-order chi connectivity index (χ1) is 10.9. The van der Waals surface area contributed by atoms with Gasteiger partial charge in [-0.1, -0.05) is 27.2 Å². The molecule has 0 aromatic heterocycles. The molecule has 0 saturated heterocycles. The van der Waals surface area contributed by atoms with Crippen LogP contribution in [-0.4, -0.2) is 22.4 Å². The molecular formula is C21H36O2. The molecule has 2 nitrogen and oxygen atoms in total. The molecule has 4 saturated carbocycles. The van der Waals surface area contributed by atoms with Gasteiger partial charge < -0.3 is 10.2 Å². The lowest BCUT2D eigenvalue weighted by Gasteiger charge is -2.60. The van der Waals surface area contributed by atoms with Gasteiger partial charge in [0.2, 0.25) is 0 Å². The van der Waals surface area contributed by atoms with E-state index in [2.05, 4.69) is 20.8 Å². The Morgan fingerprint density at radius 1 is 0.870 bits per heavy atom. The van der Waals surface area contributed by atoms with Crippen molar-refractivity contribution in [2.45, 2.75) is 90.8 Å². The van der Waals surface area contributed by atoms with Crippen LogP contribution in [0.3, 0.4) is 0 Å². The lowest BCUT2D eigenvalue weighted by molar-refractivity contribution is -0.127. The molecule has 4 fully saturated rings. The van der Waals surface area contributed by atoms with E-state index in [1.54, 1.807) is 0 Å². The van der Waals surface area contributed by atoms with Crippen LogP contribution in [0.15, 0.2) is 0 Å². The lowest BCUT2D eigenvalue weighted by atomic mass is 9.44. The first kappa shape index (κ1) is 16.4. The molecule has 23 heavy (non-hydrogen) atoms. The van der Waals surface area contributed by atoms with Gasteiger partial charge in [-0.05, 0) is 91.8 Å². The number of hydrogen-bond acceptors (Lipinski definition) is 2. The minimum Gasteiger partial charge on any atom is -0.393 e. The predicted octanol–water partition coefficient (Wildman–Crippen LogP) is 4.39. The van der Waals surface area contributed by atoms with Crippen molar-refractivity contribution in [2.75, 3.05) is 0 Å². The SMILES string of the molecule is CCC1C(O)CC2C3CCC4CC(O)CCC4(C)C3CCC12C. The van der Waals surface area contributed by atoms with Gasteiger partial charge in [0.15, 0.2) is 0 Å². The zero-order valence-electron chi connectivity index (χ0n) is 15.3. The summed E-state index contributed by atoms with van der Waals surface area (Å²) in [5, 5.41) is 20.8. The molecule has 2 heteroatoms. The molecule has 9 atom stereocenters. The molecule has 4 aliphatic carbocycles. The van der Waals surface area contributed by atoms with E-state index in [0.29, 0.717) is 16.7 Å². The number of fused-ring (bicyclic) bond motifs is 5. The fourth-order valence-electron chi connectivity index (χ4n) is 8.09. The van der Waals surface area contributed by atoms with E-state index in [1.165, 1.54) is 32.1 Å². The largest absolute Gasteiger partial charge is 0.393 e. The predicted molar refractivity (Wildman–Crippen MR) is 92.9 cm³/mol. The molecule has 0 bridgehead atoms. The van der Waals surface area contributed by atoms with Gasteiger partial charge in [0.05, 0.1) is 12.2 Å². The van der Waals surface area contributed by atoms with Crippen molar-refractivity contribution in [3.8, 4) is 0 Å². The Hall–Kier alpha value is -0.0800. The highest BCUT2D eigenvalue weighted by molar-refractivity contribution is 5.10. The Kier molecular flexibility index (Phi) is 3.89. The molecule has 132 valence electrons. The Labute approximate surface area is 142 Å². The molecule has 0 aromatic carbocycles. The number of aliphatic hydroxyl groups is 2. The summed E-state index contributed by atoms with van der Waals surface area (Å²) in [5.41, 5.74) is 0.839. The van der Waals surface area contributed by atoms with E-state index < -0.39 is 0 Å². The van der Waals surface area contributed by atoms with Crippen molar-refractivity contribution >= 4 is 0 Å². The number of aliphatic hydroxyl groups excluding tert-OH is 2. The molecule has 0 aliphatic heterocycles. The van der Waals surface area contributed by atoms with Gasteiger partial charge in [0, 0.05) is 0 Å². The van der Waals surface area contributed by atoms with Crippen LogP contribution in [-0.2, 0) is 0 Å². The zero-order chi connectivity index (χ0) is 16.4. The summed E-state index contributed by atoms with van der Waals surface area (Å²) in [7, 11) is 0. The second-order valence-corrected chi connectivity index (χ2v) is 9.95. The van der Waals surface area contributed by atoms with E-state index >= 15 is 0 Å². The van der Waals surface area contributed by atoms with Crippen molar-refractivity contribution < 1.29 is 10.2 Å². The first-order valence-corrected chi connectivity index (χ1v) is 10.3. The molecule has 4 aliphatic rings. The normalized spacial score (nSPS) is 59.1. The van der Waals surface area contributed by atoms with Crippen molar-refractivity contribution in [3.63, 3.8) is 0 Å². The molecule has 9 unspecified atom stereocenters. The van der Waals surface area contributed by atoms with Crippen LogP contribution < -0.4 is 0 Å². The van der Waals surface area contributed by atoms with Gasteiger partial charge in [-0.2, -0.15) is 0 Å². The molecule has 0 amide bonds. The minimum absolute atomic E-state index is 0.0451. The summed E-state index contributed by atoms with van der Waals surface area (Å²) in [5.74, 6) is 3.68. The van der Waals surface area contributed by atoms with E-state index in [9.17, 15) is 10.2 Å². The van der Waals surface area contributed by atoms with Crippen LogP contribution in [0.5, 0.6) is 0 Å². The van der Waals surface area contributed by atoms with Crippen molar-refractivity contribution in [1.29, 1.82) is 0 Å². The maximum absolute atomic E-state index is 10.7. The summed E-state index contributed by atoms with van der Waals surface area (Å²) < 4.78 is 0. The highest BCUT2D eigenvalue weighted by atomic mass is 16.3. The second kappa shape index (κ2) is 5.46. The van der Waals surface area contributed by atoms with Crippen LogP contribution in [0.4, 0.5) is 0 Å². The van der Waals surface area contributed by atoms with Crippen molar-refractivity contribution in [3.05, 3.63) is 0 Å². The standard InChI is InChI=1S/C21H36O2/c1-4-16-19(23)12-18-15-6-5-13-11-14(22)7-9-20(13,2)17(15)8-10-21(16,18)3/h13-19,22-23H,4-12H2,1-3H3. The molecule has 0 radical (unpaired) electrons. The van der Waals surface area contributed by atoms with Gasteiger partial charge in [-0.15, -0.1) is 0 Å². The summed E-state index contributed by atoms with van der Waals surface area (Å²) in [6.07, 6.45) is 10.7. The van der Waals surface area contributed by atoms with Gasteiger partial charge >= 0.3 is 0 Å². The third-order valence-electron chi connectivity index (χ3n) is 9.32. The van der Waals surface area contributed by atoms with Crippen LogP contribution in [0.1, 0.15) is 78.6 Å². The third kappa shape index (κ3) is 2.20. The van der Waals surface area contributed by atoms with E-state index in [4.69, 9.17) is 0 Å². The van der Waals surface area contributed by atoms with Crippen LogP contribution in [0.2, 0.25) is 0 Å². The van der Waals surface area contributed by atoms with Crippen molar-refractivity contribution in [2.24, 2.45) is 40.4 Å². The average molecular weight is 321 g/mol. The fourth-order valence-corrected chi connectivity index (χ4v) is 8.09. The van der Waals surface area contributed by atoms with Crippen LogP contribution in [0.25, 0.3) is 0 Å². The molecule has 0 heterocycles. The fraction of sp³-hybridized carbons (Fsp3) is 1.00. The summed E-state index contributed by atoms with van der Waals surface area (Å²) >= 11 is 0.